The molecule has 1 saturated carbocycles. The first-order valence-electron chi connectivity index (χ1n) is 13.3. The Labute approximate surface area is 219 Å². The predicted molar refractivity (Wildman–Crippen MR) is 152 cm³/mol. The number of hydrazine groups is 1. The van der Waals surface area contributed by atoms with Gasteiger partial charge in [-0.15, -0.1) is 0 Å². The predicted octanol–water partition coefficient (Wildman–Crippen LogP) is 8.43. The molecule has 1 amide bonds. The molecule has 5 heteroatoms. The minimum Gasteiger partial charge on any atom is -0.497 e. The summed E-state index contributed by atoms with van der Waals surface area (Å²) in [4.78, 5) is 13.8. The molecule has 0 heterocycles. The molecule has 1 aliphatic rings. The quantitative estimate of drug-likeness (QED) is 0.272. The lowest BCUT2D eigenvalue weighted by Gasteiger charge is -2.37. The molecule has 1 fully saturated rings. The summed E-state index contributed by atoms with van der Waals surface area (Å²) in [5.41, 5.74) is 4.90. The molecule has 5 nitrogen and oxygen atoms in total. The molecule has 4 aromatic carbocycles. The topological polar surface area (TPSA) is 50.8 Å². The molecule has 1 aliphatic carbocycles. The fraction of sp³-hybridized carbons (Fsp3) is 0.344. The summed E-state index contributed by atoms with van der Waals surface area (Å²) in [7, 11) is 1.66. The number of fused-ring (bicyclic) bond motifs is 2. The Morgan fingerprint density at radius 3 is 2.38 bits per heavy atom. The first kappa shape index (κ1) is 24.9. The highest BCUT2D eigenvalue weighted by Crippen LogP contribution is 2.36. The van der Waals surface area contributed by atoms with Crippen molar-refractivity contribution in [2.75, 3.05) is 17.5 Å². The van der Waals surface area contributed by atoms with E-state index in [1.54, 1.807) is 12.1 Å². The molecule has 0 unspecified atom stereocenters. The molecule has 0 aromatic heterocycles. The summed E-state index contributed by atoms with van der Waals surface area (Å²) in [5.74, 6) is 2.18. The standard InChI is InChI=1S/C32H36N2O3/c1-21(2)30-16-9-22(3)17-31(30)37-32(35)34(33-27-13-10-23-7-5-6-8-24(23)18-27)28-14-11-26-20-29(36-4)15-12-25(26)19-28/h5-8,10-15,18-22,30-31,33H,9,16-17H2,1-4H3/t22-,30+,31-/m1/s1. The van der Waals surface area contributed by atoms with Crippen LogP contribution >= 0.6 is 0 Å². The number of methoxy groups -OCH3 is 1. The molecule has 37 heavy (non-hydrogen) atoms. The summed E-state index contributed by atoms with van der Waals surface area (Å²) in [6, 6.07) is 26.2. The Hall–Kier alpha value is -3.73. The van der Waals surface area contributed by atoms with Crippen molar-refractivity contribution >= 4 is 39.0 Å². The Kier molecular flexibility index (Phi) is 7.22. The van der Waals surface area contributed by atoms with Crippen LogP contribution in [0.5, 0.6) is 5.75 Å². The lowest BCUT2D eigenvalue weighted by atomic mass is 9.75. The monoisotopic (exact) mass is 496 g/mol. The zero-order valence-electron chi connectivity index (χ0n) is 22.1. The number of benzene rings is 4. The molecule has 4 aromatic rings. The zero-order chi connectivity index (χ0) is 25.9. The van der Waals surface area contributed by atoms with Crippen molar-refractivity contribution in [1.29, 1.82) is 0 Å². The third-order valence-electron chi connectivity index (χ3n) is 7.68. The first-order valence-corrected chi connectivity index (χ1v) is 13.3. The van der Waals surface area contributed by atoms with E-state index in [0.29, 0.717) is 17.8 Å². The van der Waals surface area contributed by atoms with Gasteiger partial charge in [-0.05, 0) is 88.5 Å². The lowest BCUT2D eigenvalue weighted by molar-refractivity contribution is 0.00988. The van der Waals surface area contributed by atoms with Crippen LogP contribution in [0.3, 0.4) is 0 Å². The zero-order valence-corrected chi connectivity index (χ0v) is 22.1. The Bertz CT molecular complexity index is 1400. The largest absolute Gasteiger partial charge is 0.497 e. The van der Waals surface area contributed by atoms with E-state index in [-0.39, 0.29) is 12.2 Å². The highest BCUT2D eigenvalue weighted by atomic mass is 16.6. The van der Waals surface area contributed by atoms with Crippen LogP contribution in [0.4, 0.5) is 16.2 Å². The van der Waals surface area contributed by atoms with Gasteiger partial charge in [0.05, 0.1) is 18.5 Å². The van der Waals surface area contributed by atoms with E-state index in [9.17, 15) is 4.79 Å². The number of hydrogen-bond donors (Lipinski definition) is 1. The number of nitrogens with one attached hydrogen (secondary N) is 1. The number of nitrogens with zero attached hydrogens (tertiary/aromatic N) is 1. The van der Waals surface area contributed by atoms with E-state index in [0.717, 1.165) is 51.5 Å². The van der Waals surface area contributed by atoms with Crippen molar-refractivity contribution in [3.8, 4) is 5.75 Å². The second-order valence-corrected chi connectivity index (χ2v) is 10.7. The van der Waals surface area contributed by atoms with Crippen molar-refractivity contribution in [3.63, 3.8) is 0 Å². The second-order valence-electron chi connectivity index (χ2n) is 10.7. The van der Waals surface area contributed by atoms with Gasteiger partial charge in [0.2, 0.25) is 0 Å². The van der Waals surface area contributed by atoms with Gasteiger partial charge < -0.3 is 9.47 Å². The van der Waals surface area contributed by atoms with E-state index < -0.39 is 0 Å². The Morgan fingerprint density at radius 2 is 1.59 bits per heavy atom. The van der Waals surface area contributed by atoms with Crippen LogP contribution in [0.25, 0.3) is 21.5 Å². The Morgan fingerprint density at radius 1 is 0.892 bits per heavy atom. The van der Waals surface area contributed by atoms with Gasteiger partial charge in [-0.25, -0.2) is 4.79 Å². The van der Waals surface area contributed by atoms with Gasteiger partial charge in [0.25, 0.3) is 0 Å². The number of anilines is 2. The first-order chi connectivity index (χ1) is 17.9. The maximum absolute atomic E-state index is 13.8. The lowest BCUT2D eigenvalue weighted by Crippen LogP contribution is -2.43. The Balaban J connectivity index is 1.49. The van der Waals surface area contributed by atoms with Crippen molar-refractivity contribution in [2.45, 2.75) is 46.1 Å². The molecule has 0 radical (unpaired) electrons. The van der Waals surface area contributed by atoms with Crippen molar-refractivity contribution in [2.24, 2.45) is 17.8 Å². The van der Waals surface area contributed by atoms with Crippen molar-refractivity contribution in [1.82, 2.24) is 0 Å². The van der Waals surface area contributed by atoms with Crippen LogP contribution < -0.4 is 15.2 Å². The highest BCUT2D eigenvalue weighted by Gasteiger charge is 2.35. The number of hydrogen-bond acceptors (Lipinski definition) is 4. The number of carbonyl (C=O) groups is 1. The van der Waals surface area contributed by atoms with Crippen LogP contribution in [0, 0.1) is 17.8 Å². The van der Waals surface area contributed by atoms with Crippen LogP contribution in [0.2, 0.25) is 0 Å². The molecular formula is C32H36N2O3. The average Bonchev–Trinajstić information content (AvgIpc) is 2.90. The van der Waals surface area contributed by atoms with Crippen LogP contribution in [-0.4, -0.2) is 19.3 Å². The molecular weight excluding hydrogens is 460 g/mol. The van der Waals surface area contributed by atoms with Gasteiger partial charge in [0.15, 0.2) is 0 Å². The van der Waals surface area contributed by atoms with Gasteiger partial charge in [0.1, 0.15) is 11.9 Å². The molecule has 0 aliphatic heterocycles. The van der Waals surface area contributed by atoms with Gasteiger partial charge >= 0.3 is 6.09 Å². The van der Waals surface area contributed by atoms with Crippen molar-refractivity contribution in [3.05, 3.63) is 78.9 Å². The molecule has 5 rings (SSSR count). The van der Waals surface area contributed by atoms with E-state index in [1.807, 2.05) is 54.6 Å². The molecule has 0 saturated heterocycles. The molecule has 192 valence electrons. The van der Waals surface area contributed by atoms with Crippen molar-refractivity contribution < 1.29 is 14.3 Å². The van der Waals surface area contributed by atoms with Gasteiger partial charge in [-0.3, -0.25) is 5.43 Å². The number of ether oxygens (including phenoxy) is 2. The van der Waals surface area contributed by atoms with Crippen LogP contribution in [0.15, 0.2) is 78.9 Å². The fourth-order valence-corrected chi connectivity index (χ4v) is 5.51. The summed E-state index contributed by atoms with van der Waals surface area (Å²) >= 11 is 0. The molecule has 0 bridgehead atoms. The minimum atomic E-state index is -0.384. The number of amides is 1. The maximum Gasteiger partial charge on any atom is 0.433 e. The summed E-state index contributed by atoms with van der Waals surface area (Å²) < 4.78 is 11.6. The molecule has 1 N–H and O–H groups in total. The smallest absolute Gasteiger partial charge is 0.433 e. The number of carbonyl (C=O) groups excluding carboxylic acids is 1. The fourth-order valence-electron chi connectivity index (χ4n) is 5.51. The molecule has 0 spiro atoms. The van der Waals surface area contributed by atoms with E-state index in [2.05, 4.69) is 50.5 Å². The highest BCUT2D eigenvalue weighted by molar-refractivity contribution is 5.95. The van der Waals surface area contributed by atoms with Crippen LogP contribution in [0.1, 0.15) is 40.0 Å². The normalized spacial score (nSPS) is 19.6. The summed E-state index contributed by atoms with van der Waals surface area (Å²) in [6.45, 7) is 6.70. The summed E-state index contributed by atoms with van der Waals surface area (Å²) in [5, 5.41) is 5.86. The molecule has 3 atom stereocenters. The van der Waals surface area contributed by atoms with E-state index >= 15 is 0 Å². The number of rotatable bonds is 6. The SMILES string of the molecule is COc1ccc2cc(N(Nc3ccc4ccccc4c3)C(=O)O[C@@H]3C[C@H](C)CC[C@H]3C(C)C)ccc2c1. The van der Waals surface area contributed by atoms with E-state index in [1.165, 1.54) is 6.42 Å². The third kappa shape index (κ3) is 5.51. The maximum atomic E-state index is 13.8. The third-order valence-corrected chi connectivity index (χ3v) is 7.68. The van der Waals surface area contributed by atoms with Gasteiger partial charge in [-0.2, -0.15) is 5.01 Å². The van der Waals surface area contributed by atoms with E-state index in [4.69, 9.17) is 9.47 Å². The summed E-state index contributed by atoms with van der Waals surface area (Å²) in [6.07, 6.45) is 2.69. The minimum absolute atomic E-state index is 0.0955. The average molecular weight is 497 g/mol. The van der Waals surface area contributed by atoms with Crippen LogP contribution in [-0.2, 0) is 4.74 Å². The second kappa shape index (κ2) is 10.7. The van der Waals surface area contributed by atoms with Gasteiger partial charge in [-0.1, -0.05) is 69.7 Å². The van der Waals surface area contributed by atoms with Gasteiger partial charge in [0, 0.05) is 0 Å².